The summed E-state index contributed by atoms with van der Waals surface area (Å²) in [7, 11) is 0. The molecule has 3 aromatic rings. The number of nitrogens with zero attached hydrogens (tertiary/aromatic N) is 5. The van der Waals surface area contributed by atoms with Gasteiger partial charge in [-0.1, -0.05) is 19.3 Å². The van der Waals surface area contributed by atoms with Gasteiger partial charge in [-0.2, -0.15) is 9.97 Å². The summed E-state index contributed by atoms with van der Waals surface area (Å²) in [5.41, 5.74) is 2.03. The van der Waals surface area contributed by atoms with Crippen molar-refractivity contribution in [3.05, 3.63) is 24.7 Å². The summed E-state index contributed by atoms with van der Waals surface area (Å²) >= 11 is 0. The van der Waals surface area contributed by atoms with Gasteiger partial charge in [0.2, 0.25) is 17.7 Å². The van der Waals surface area contributed by atoms with E-state index in [4.69, 9.17) is 15.9 Å². The van der Waals surface area contributed by atoms with E-state index >= 15 is 0 Å². The molecular weight excluding hydrogens is 344 g/mol. The van der Waals surface area contributed by atoms with Crippen LogP contribution in [-0.2, 0) is 6.54 Å². The van der Waals surface area contributed by atoms with Crippen LogP contribution in [0.3, 0.4) is 0 Å². The van der Waals surface area contributed by atoms with E-state index in [0.717, 1.165) is 25.1 Å². The zero-order chi connectivity index (χ0) is 19.1. The number of aromatic nitrogens is 5. The Morgan fingerprint density at radius 3 is 2.78 bits per heavy atom. The van der Waals surface area contributed by atoms with Crippen LogP contribution in [0.4, 0.5) is 11.6 Å². The normalized spacial score (nSPS) is 10.6. The maximum absolute atomic E-state index is 5.58. The number of hydrogen-bond acceptors (Lipinski definition) is 7. The fourth-order valence-electron chi connectivity index (χ4n) is 2.49. The number of nitrogens with one attached hydrogen (secondary N) is 1. The van der Waals surface area contributed by atoms with Crippen molar-refractivity contribution in [2.24, 2.45) is 0 Å². The van der Waals surface area contributed by atoms with Crippen LogP contribution in [0.2, 0.25) is 0 Å². The molecule has 0 aliphatic carbocycles. The monoisotopic (exact) mass is 366 g/mol. The van der Waals surface area contributed by atoms with Crippen LogP contribution in [0.15, 0.2) is 24.7 Å². The van der Waals surface area contributed by atoms with E-state index in [0.29, 0.717) is 35.5 Å². The molecule has 0 amide bonds. The number of terminal acetylenes is 1. The van der Waals surface area contributed by atoms with E-state index in [2.05, 4.69) is 38.1 Å². The summed E-state index contributed by atoms with van der Waals surface area (Å²) in [4.78, 5) is 17.6. The highest BCUT2D eigenvalue weighted by Gasteiger charge is 2.14. The molecule has 0 unspecified atom stereocenters. The van der Waals surface area contributed by atoms with Crippen LogP contribution in [-0.4, -0.2) is 37.7 Å². The van der Waals surface area contributed by atoms with Gasteiger partial charge in [-0.3, -0.25) is 0 Å². The molecule has 0 saturated heterocycles. The Morgan fingerprint density at radius 2 is 2.07 bits per heavy atom. The van der Waals surface area contributed by atoms with Gasteiger partial charge in [-0.15, -0.1) is 6.42 Å². The topological polar surface area (TPSA) is 87.0 Å². The van der Waals surface area contributed by atoms with Crippen molar-refractivity contribution in [3.8, 4) is 24.1 Å². The minimum Gasteiger partial charge on any atom is -0.478 e. The lowest BCUT2D eigenvalue weighted by Gasteiger charge is -2.09. The number of pyridine rings is 1. The van der Waals surface area contributed by atoms with Gasteiger partial charge in [0.05, 0.1) is 24.8 Å². The molecule has 3 rings (SSSR count). The first-order valence-corrected chi connectivity index (χ1v) is 8.90. The van der Waals surface area contributed by atoms with Crippen LogP contribution in [0.1, 0.15) is 26.7 Å². The SMILES string of the molecule is C#CCOc1nc(Nc2ccc(OCC)nc2)nc2c1ncn2CCCC. The summed E-state index contributed by atoms with van der Waals surface area (Å²) in [6.07, 6.45) is 10.8. The fourth-order valence-corrected chi connectivity index (χ4v) is 2.49. The Hall–Kier alpha value is -3.34. The largest absolute Gasteiger partial charge is 0.478 e. The summed E-state index contributed by atoms with van der Waals surface area (Å²) in [5.74, 6) is 3.76. The van der Waals surface area contributed by atoms with Crippen molar-refractivity contribution in [3.63, 3.8) is 0 Å². The number of aryl methyl sites for hydroxylation is 1. The lowest BCUT2D eigenvalue weighted by molar-refractivity contribution is 0.327. The third kappa shape index (κ3) is 4.44. The maximum atomic E-state index is 5.58. The molecular formula is C19H22N6O2. The van der Waals surface area contributed by atoms with E-state index < -0.39 is 0 Å². The fraction of sp³-hybridized carbons (Fsp3) is 0.368. The molecule has 0 radical (unpaired) electrons. The molecule has 8 nitrogen and oxygen atoms in total. The predicted molar refractivity (Wildman–Crippen MR) is 103 cm³/mol. The summed E-state index contributed by atoms with van der Waals surface area (Å²) in [6.45, 7) is 5.55. The van der Waals surface area contributed by atoms with Crippen molar-refractivity contribution in [1.29, 1.82) is 0 Å². The number of hydrogen-bond donors (Lipinski definition) is 1. The standard InChI is InChI=1S/C19H22N6O2/c1-4-7-10-25-13-21-16-17(25)23-19(24-18(16)27-11-5-2)22-14-8-9-15(20-12-14)26-6-3/h2,8-9,12-13H,4,6-7,10-11H2,1,3H3,(H,22,23,24). The van der Waals surface area contributed by atoms with E-state index in [9.17, 15) is 0 Å². The van der Waals surface area contributed by atoms with Crippen LogP contribution in [0, 0.1) is 12.3 Å². The number of fused-ring (bicyclic) bond motifs is 1. The molecule has 0 aromatic carbocycles. The Bertz CT molecular complexity index is 930. The molecule has 0 aliphatic rings. The average Bonchev–Trinajstić information content (AvgIpc) is 3.09. The second-order valence-corrected chi connectivity index (χ2v) is 5.75. The zero-order valence-electron chi connectivity index (χ0n) is 15.5. The quantitative estimate of drug-likeness (QED) is 0.582. The minimum absolute atomic E-state index is 0.109. The Kier molecular flexibility index (Phi) is 6.05. The van der Waals surface area contributed by atoms with Gasteiger partial charge < -0.3 is 19.4 Å². The second kappa shape index (κ2) is 8.85. The van der Waals surface area contributed by atoms with Crippen LogP contribution in [0.5, 0.6) is 11.8 Å². The molecule has 0 saturated carbocycles. The molecule has 3 aromatic heterocycles. The second-order valence-electron chi connectivity index (χ2n) is 5.75. The summed E-state index contributed by atoms with van der Waals surface area (Å²) in [6, 6.07) is 3.63. The van der Waals surface area contributed by atoms with E-state index in [-0.39, 0.29) is 6.61 Å². The highest BCUT2D eigenvalue weighted by atomic mass is 16.5. The summed E-state index contributed by atoms with van der Waals surface area (Å²) < 4.78 is 12.9. The number of unbranched alkanes of at least 4 members (excludes halogenated alkanes) is 1. The van der Waals surface area contributed by atoms with Crippen LogP contribution < -0.4 is 14.8 Å². The van der Waals surface area contributed by atoms with Crippen molar-refractivity contribution in [2.45, 2.75) is 33.2 Å². The third-order valence-electron chi connectivity index (χ3n) is 3.76. The van der Waals surface area contributed by atoms with E-state index in [1.807, 2.05) is 17.6 Å². The molecule has 0 bridgehead atoms. The van der Waals surface area contributed by atoms with Gasteiger partial charge in [-0.05, 0) is 19.4 Å². The molecule has 3 heterocycles. The van der Waals surface area contributed by atoms with Gasteiger partial charge in [0.15, 0.2) is 17.8 Å². The highest BCUT2D eigenvalue weighted by molar-refractivity contribution is 5.78. The van der Waals surface area contributed by atoms with Gasteiger partial charge in [0, 0.05) is 12.6 Å². The molecule has 1 N–H and O–H groups in total. The summed E-state index contributed by atoms with van der Waals surface area (Å²) in [5, 5.41) is 3.14. The molecule has 0 atom stereocenters. The predicted octanol–water partition coefficient (Wildman–Crippen LogP) is 3.18. The lowest BCUT2D eigenvalue weighted by Crippen LogP contribution is -2.05. The molecule has 8 heteroatoms. The van der Waals surface area contributed by atoms with Crippen molar-refractivity contribution < 1.29 is 9.47 Å². The van der Waals surface area contributed by atoms with Crippen LogP contribution >= 0.6 is 0 Å². The van der Waals surface area contributed by atoms with Gasteiger partial charge >= 0.3 is 0 Å². The first-order chi connectivity index (χ1) is 13.2. The number of ether oxygens (including phenoxy) is 2. The Balaban J connectivity index is 1.92. The molecule has 0 fully saturated rings. The third-order valence-corrected chi connectivity index (χ3v) is 3.76. The molecule has 0 aliphatic heterocycles. The molecule has 27 heavy (non-hydrogen) atoms. The minimum atomic E-state index is 0.109. The Labute approximate surface area is 158 Å². The lowest BCUT2D eigenvalue weighted by atomic mass is 10.3. The number of rotatable bonds is 9. The van der Waals surface area contributed by atoms with Crippen molar-refractivity contribution in [2.75, 3.05) is 18.5 Å². The number of imidazole rings is 1. The average molecular weight is 366 g/mol. The smallest absolute Gasteiger partial charge is 0.248 e. The van der Waals surface area contributed by atoms with Gasteiger partial charge in [0.25, 0.3) is 0 Å². The first-order valence-electron chi connectivity index (χ1n) is 8.90. The zero-order valence-corrected chi connectivity index (χ0v) is 15.5. The Morgan fingerprint density at radius 1 is 1.19 bits per heavy atom. The van der Waals surface area contributed by atoms with E-state index in [1.54, 1.807) is 18.6 Å². The highest BCUT2D eigenvalue weighted by Crippen LogP contribution is 2.25. The molecule has 140 valence electrons. The van der Waals surface area contributed by atoms with Gasteiger partial charge in [-0.25, -0.2) is 9.97 Å². The number of anilines is 2. The van der Waals surface area contributed by atoms with Crippen molar-refractivity contribution in [1.82, 2.24) is 24.5 Å². The van der Waals surface area contributed by atoms with E-state index in [1.165, 1.54) is 0 Å². The maximum Gasteiger partial charge on any atom is 0.248 e. The van der Waals surface area contributed by atoms with Crippen molar-refractivity contribution >= 4 is 22.8 Å². The first kappa shape index (κ1) is 18.5. The van der Waals surface area contributed by atoms with Crippen LogP contribution in [0.25, 0.3) is 11.2 Å². The molecule has 0 spiro atoms. The van der Waals surface area contributed by atoms with Gasteiger partial charge in [0.1, 0.15) is 0 Å².